The van der Waals surface area contributed by atoms with Crippen LogP contribution in [0.1, 0.15) is 162 Å². The van der Waals surface area contributed by atoms with Crippen molar-refractivity contribution in [3.63, 3.8) is 0 Å². The first-order chi connectivity index (χ1) is 36.8. The summed E-state index contributed by atoms with van der Waals surface area (Å²) in [7, 11) is 0. The molecular formula is C57H99NO18. The number of hydrogen-bond donors (Lipinski definition) is 12. The molecule has 3 rings (SSSR count). The van der Waals surface area contributed by atoms with Crippen LogP contribution in [-0.4, -0.2) is 193 Å². The average molecular weight is 1090 g/mol. The third-order valence-electron chi connectivity index (χ3n) is 14.1. The van der Waals surface area contributed by atoms with E-state index < -0.39 is 124 Å². The van der Waals surface area contributed by atoms with Gasteiger partial charge in [0.05, 0.1) is 38.6 Å². The van der Waals surface area contributed by atoms with Crippen molar-refractivity contribution in [2.75, 3.05) is 26.4 Å². The highest BCUT2D eigenvalue weighted by Crippen LogP contribution is 2.33. The molecule has 3 saturated heterocycles. The van der Waals surface area contributed by atoms with E-state index in [1.165, 1.54) is 44.9 Å². The lowest BCUT2D eigenvalue weighted by Crippen LogP contribution is -2.66. The zero-order valence-electron chi connectivity index (χ0n) is 45.5. The molecule has 0 aromatic carbocycles. The largest absolute Gasteiger partial charge is 0.394 e. The molecular weight excluding hydrogens is 987 g/mol. The molecule has 0 saturated carbocycles. The van der Waals surface area contributed by atoms with Gasteiger partial charge in [-0.25, -0.2) is 0 Å². The van der Waals surface area contributed by atoms with Crippen LogP contribution in [-0.2, 0) is 33.2 Å². The van der Waals surface area contributed by atoms with E-state index in [1.54, 1.807) is 0 Å². The van der Waals surface area contributed by atoms with Crippen LogP contribution < -0.4 is 5.32 Å². The summed E-state index contributed by atoms with van der Waals surface area (Å²) in [6.07, 6.45) is 18.4. The van der Waals surface area contributed by atoms with Crippen LogP contribution in [0.3, 0.4) is 0 Å². The maximum absolute atomic E-state index is 13.2. The Morgan fingerprint density at radius 2 is 0.908 bits per heavy atom. The third-order valence-corrected chi connectivity index (χ3v) is 14.1. The fraction of sp³-hybridized carbons (Fsp3) is 0.807. The smallest absolute Gasteiger partial charge is 0.220 e. The summed E-state index contributed by atoms with van der Waals surface area (Å²) in [5.74, 6) is -0.260. The quantitative estimate of drug-likeness (QED) is 0.0304. The van der Waals surface area contributed by atoms with E-state index in [2.05, 4.69) is 79.9 Å². The highest BCUT2D eigenvalue weighted by Gasteiger charge is 2.53. The Morgan fingerprint density at radius 1 is 0.487 bits per heavy atom. The number of carbonyl (C=O) groups excluding carboxylic acids is 1. The maximum atomic E-state index is 13.2. The van der Waals surface area contributed by atoms with E-state index in [-0.39, 0.29) is 18.9 Å². The number of amides is 1. The lowest BCUT2D eigenvalue weighted by atomic mass is 9.96. The lowest BCUT2D eigenvalue weighted by Gasteiger charge is -2.48. The molecule has 0 aromatic rings. The number of aliphatic hydroxyl groups excluding tert-OH is 11. The van der Waals surface area contributed by atoms with Crippen molar-refractivity contribution in [1.29, 1.82) is 0 Å². The molecule has 3 heterocycles. The first-order valence-corrected chi connectivity index (χ1v) is 28.5. The van der Waals surface area contributed by atoms with Gasteiger partial charge in [-0.2, -0.15) is 0 Å². The summed E-state index contributed by atoms with van der Waals surface area (Å²) in [4.78, 5) is 13.2. The SMILES string of the molecule is CC/C=C\C/C=C\C/C=C\C/C=C\C/C=C\CCCCCCCCCCCCCC(=O)NC(COC1OC(CO)C(OC2OC(CO)C(OC3OC(CO)C(O)C(O)C3O)C(O)C2O)C(O)C1O)C(O)CCCCCC. The van der Waals surface area contributed by atoms with Crippen molar-refractivity contribution in [3.8, 4) is 0 Å². The van der Waals surface area contributed by atoms with E-state index in [9.17, 15) is 61.0 Å². The van der Waals surface area contributed by atoms with E-state index in [1.807, 2.05) is 0 Å². The Morgan fingerprint density at radius 3 is 1.41 bits per heavy atom. The molecule has 0 radical (unpaired) electrons. The van der Waals surface area contributed by atoms with Gasteiger partial charge < -0.3 is 89.9 Å². The molecule has 12 N–H and O–H groups in total. The summed E-state index contributed by atoms with van der Waals surface area (Å²) in [5, 5.41) is 119. The number of ether oxygens (including phenoxy) is 6. The van der Waals surface area contributed by atoms with Crippen molar-refractivity contribution in [3.05, 3.63) is 60.8 Å². The van der Waals surface area contributed by atoms with Gasteiger partial charge in [0.15, 0.2) is 18.9 Å². The number of nitrogens with one attached hydrogen (secondary N) is 1. The molecule has 1 amide bonds. The van der Waals surface area contributed by atoms with Crippen molar-refractivity contribution in [2.24, 2.45) is 0 Å². The minimum Gasteiger partial charge on any atom is -0.394 e. The van der Waals surface area contributed by atoms with E-state index >= 15 is 0 Å². The van der Waals surface area contributed by atoms with Crippen LogP contribution in [0.15, 0.2) is 60.8 Å². The second kappa shape index (κ2) is 40.6. The summed E-state index contributed by atoms with van der Waals surface area (Å²) in [6.45, 7) is 1.50. The lowest BCUT2D eigenvalue weighted by molar-refractivity contribution is -0.379. The van der Waals surface area contributed by atoms with Gasteiger partial charge in [0, 0.05) is 6.42 Å². The van der Waals surface area contributed by atoms with Gasteiger partial charge in [-0.3, -0.25) is 4.79 Å². The number of allylic oxidation sites excluding steroid dienone is 10. The molecule has 0 spiro atoms. The van der Waals surface area contributed by atoms with Crippen molar-refractivity contribution in [1.82, 2.24) is 5.32 Å². The van der Waals surface area contributed by atoms with Gasteiger partial charge in [-0.15, -0.1) is 0 Å². The minimum absolute atomic E-state index is 0.257. The monoisotopic (exact) mass is 1090 g/mol. The van der Waals surface area contributed by atoms with Gasteiger partial charge in [-0.1, -0.05) is 158 Å². The van der Waals surface area contributed by atoms with Gasteiger partial charge in [-0.05, 0) is 57.8 Å². The molecule has 0 bridgehead atoms. The Hall–Kier alpha value is -2.51. The third kappa shape index (κ3) is 24.9. The van der Waals surface area contributed by atoms with Crippen molar-refractivity contribution in [2.45, 2.75) is 266 Å². The normalized spacial score (nSPS) is 31.4. The number of rotatable bonds is 40. The summed E-state index contributed by atoms with van der Waals surface area (Å²) < 4.78 is 34.0. The fourth-order valence-electron chi connectivity index (χ4n) is 9.40. The maximum Gasteiger partial charge on any atom is 0.220 e. The van der Waals surface area contributed by atoms with Crippen LogP contribution in [0.2, 0.25) is 0 Å². The topological polar surface area (TPSA) is 307 Å². The Balaban J connectivity index is 1.35. The fourth-order valence-corrected chi connectivity index (χ4v) is 9.40. The first kappa shape index (κ1) is 67.8. The zero-order chi connectivity index (χ0) is 55.5. The van der Waals surface area contributed by atoms with Crippen LogP contribution in [0.25, 0.3) is 0 Å². The van der Waals surface area contributed by atoms with E-state index in [0.29, 0.717) is 19.3 Å². The van der Waals surface area contributed by atoms with E-state index in [4.69, 9.17) is 28.4 Å². The van der Waals surface area contributed by atoms with Crippen LogP contribution >= 0.6 is 0 Å². The molecule has 19 nitrogen and oxygen atoms in total. The Kier molecular flexibility index (Phi) is 36.2. The number of unbranched alkanes of at least 4 members (excludes halogenated alkanes) is 14. The zero-order valence-corrected chi connectivity index (χ0v) is 45.5. The van der Waals surface area contributed by atoms with Gasteiger partial charge in [0.1, 0.15) is 73.2 Å². The molecule has 0 aromatic heterocycles. The molecule has 440 valence electrons. The molecule has 3 fully saturated rings. The highest BCUT2D eigenvalue weighted by atomic mass is 16.8. The second-order valence-electron chi connectivity index (χ2n) is 20.4. The van der Waals surface area contributed by atoms with Crippen LogP contribution in [0, 0.1) is 0 Å². The van der Waals surface area contributed by atoms with Crippen LogP contribution in [0.5, 0.6) is 0 Å². The Bertz CT molecular complexity index is 1630. The molecule has 76 heavy (non-hydrogen) atoms. The molecule has 0 aliphatic carbocycles. The molecule has 17 unspecified atom stereocenters. The van der Waals surface area contributed by atoms with Crippen LogP contribution in [0.4, 0.5) is 0 Å². The first-order valence-electron chi connectivity index (χ1n) is 28.5. The minimum atomic E-state index is -1.97. The predicted octanol–water partition coefficient (Wildman–Crippen LogP) is 4.09. The summed E-state index contributed by atoms with van der Waals surface area (Å²) >= 11 is 0. The number of hydrogen-bond acceptors (Lipinski definition) is 18. The van der Waals surface area contributed by atoms with Crippen molar-refractivity contribution < 1.29 is 89.4 Å². The molecule has 3 aliphatic rings. The summed E-state index contributed by atoms with van der Waals surface area (Å²) in [6, 6.07) is -0.887. The van der Waals surface area contributed by atoms with Crippen molar-refractivity contribution >= 4 is 5.91 Å². The highest BCUT2D eigenvalue weighted by molar-refractivity contribution is 5.76. The number of carbonyl (C=O) groups is 1. The Labute approximate surface area is 452 Å². The average Bonchev–Trinajstić information content (AvgIpc) is 3.42. The summed E-state index contributed by atoms with van der Waals surface area (Å²) in [5.41, 5.74) is 0. The standard InChI is InChI=1S/C57H99NO18/c1-3-5-7-9-10-11-12-13-14-15-16-17-18-19-20-21-22-23-24-25-26-27-28-29-30-31-33-35-45(63)58-40(41(62)34-32-8-6-4-2)39-71-55-51(69)48(66)53(43(37-60)73-55)76-57-52(70)49(67)54(44(38-61)74-57)75-56-50(68)47(65)46(64)42(36-59)72-56/h5,7,10-11,13-14,16-17,19-20,40-44,46-57,59-62,64-70H,3-4,6,8-9,12,15,18,21-39H2,1-2H3,(H,58,63)/b7-5-,11-10-,14-13-,17-16-,20-19-. The second-order valence-corrected chi connectivity index (χ2v) is 20.4. The van der Waals surface area contributed by atoms with Gasteiger partial charge in [0.25, 0.3) is 0 Å². The number of aliphatic hydroxyl groups is 11. The molecule has 17 atom stereocenters. The van der Waals surface area contributed by atoms with E-state index in [0.717, 1.165) is 77.0 Å². The molecule has 19 heteroatoms. The van der Waals surface area contributed by atoms with Gasteiger partial charge in [0.2, 0.25) is 5.91 Å². The molecule has 3 aliphatic heterocycles. The van der Waals surface area contributed by atoms with Gasteiger partial charge >= 0.3 is 0 Å². The predicted molar refractivity (Wildman–Crippen MR) is 286 cm³/mol.